The van der Waals surface area contributed by atoms with E-state index in [1.54, 1.807) is 0 Å². The molecule has 0 spiro atoms. The van der Waals surface area contributed by atoms with Gasteiger partial charge in [0.15, 0.2) is 0 Å². The Bertz CT molecular complexity index is 625. The van der Waals surface area contributed by atoms with Crippen molar-refractivity contribution in [2.24, 2.45) is 0 Å². The van der Waals surface area contributed by atoms with Crippen molar-refractivity contribution in [3.8, 4) is 0 Å². The second-order valence-electron chi connectivity index (χ2n) is 8.03. The number of likely N-dealkylation sites (N-methyl/N-ethyl adjacent to an activating group) is 1. The molecule has 172 valence electrons. The number of rotatable bonds is 16. The Balaban J connectivity index is 1.94. The number of nitrogens with one attached hydrogen (secondary N) is 1. The van der Waals surface area contributed by atoms with Crippen LogP contribution in [0.15, 0.2) is 72.9 Å². The summed E-state index contributed by atoms with van der Waals surface area (Å²) >= 11 is 0. The van der Waals surface area contributed by atoms with Crippen molar-refractivity contribution >= 4 is 5.91 Å². The minimum Gasteiger partial charge on any atom is -0.355 e. The fraction of sp³-hybridized carbons (Fsp3) is 0.536. The number of allylic oxidation sites excluding steroid dienone is 12. The summed E-state index contributed by atoms with van der Waals surface area (Å²) in [5, 5.41) is 3.07. The first-order valence-corrected chi connectivity index (χ1v) is 12.1. The number of hydrogen-bond acceptors (Lipinski definition) is 2. The molecular weight excluding hydrogens is 380 g/mol. The van der Waals surface area contributed by atoms with Crippen molar-refractivity contribution in [1.82, 2.24) is 10.2 Å². The maximum atomic E-state index is 11.9. The highest BCUT2D eigenvalue weighted by Gasteiger charge is 2.20. The molecule has 1 unspecified atom stereocenters. The number of amides is 1. The topological polar surface area (TPSA) is 32.3 Å². The third-order valence-electron chi connectivity index (χ3n) is 5.34. The predicted octanol–water partition coefficient (Wildman–Crippen LogP) is 6.67. The Morgan fingerprint density at radius 3 is 1.74 bits per heavy atom. The van der Waals surface area contributed by atoms with Gasteiger partial charge in [-0.15, -0.1) is 0 Å². The van der Waals surface area contributed by atoms with E-state index in [1.807, 2.05) is 0 Å². The van der Waals surface area contributed by atoms with Gasteiger partial charge < -0.3 is 10.2 Å². The molecule has 0 aromatic rings. The summed E-state index contributed by atoms with van der Waals surface area (Å²) in [6.07, 6.45) is 36.3. The van der Waals surface area contributed by atoms with Gasteiger partial charge in [-0.25, -0.2) is 0 Å². The van der Waals surface area contributed by atoms with Crippen molar-refractivity contribution < 1.29 is 4.79 Å². The summed E-state index contributed by atoms with van der Waals surface area (Å²) in [5.41, 5.74) is 0. The Kier molecular flexibility index (Phi) is 17.2. The average molecular weight is 425 g/mol. The van der Waals surface area contributed by atoms with Crippen molar-refractivity contribution in [3.63, 3.8) is 0 Å². The number of carbonyl (C=O) groups excluding carboxylic acids is 1. The van der Waals surface area contributed by atoms with Crippen LogP contribution in [0.3, 0.4) is 0 Å². The molecule has 0 radical (unpaired) electrons. The number of hydrogen-bond donors (Lipinski definition) is 1. The molecule has 1 saturated heterocycles. The SMILES string of the molecule is CC/C=C/C/C=C/C/C=C/C/C=C/C/C=C/C/C=C/CCC(=O)NCC1CCCN1C. The first-order valence-electron chi connectivity index (χ1n) is 12.1. The standard InChI is InChI=1S/C28H44N2O/c1-3-4-5-6-7-8-9-10-11-12-13-14-15-16-17-18-19-20-21-24-28(31)29-26-27-23-22-25-30(27)2/h4-5,7-8,10-11,13-14,16-17,19-20,27H,3,6,9,12,15,18,21-26H2,1-2H3,(H,29,31)/b5-4+,8-7+,11-10+,14-13+,17-16+,20-19+. The van der Waals surface area contributed by atoms with Crippen molar-refractivity contribution in [2.45, 2.75) is 77.2 Å². The summed E-state index contributed by atoms with van der Waals surface area (Å²) in [6, 6.07) is 0.523. The minimum absolute atomic E-state index is 0.167. The largest absolute Gasteiger partial charge is 0.355 e. The lowest BCUT2D eigenvalue weighted by Gasteiger charge is -2.19. The molecule has 1 rings (SSSR count). The van der Waals surface area contributed by atoms with Gasteiger partial charge in [0.05, 0.1) is 0 Å². The average Bonchev–Trinajstić information content (AvgIpc) is 3.18. The molecule has 1 atom stereocenters. The zero-order chi connectivity index (χ0) is 22.4. The maximum absolute atomic E-state index is 11.9. The lowest BCUT2D eigenvalue weighted by Crippen LogP contribution is -2.38. The van der Waals surface area contributed by atoms with Crippen LogP contribution >= 0.6 is 0 Å². The summed E-state index contributed by atoms with van der Waals surface area (Å²) in [7, 11) is 2.14. The molecule has 1 amide bonds. The molecular formula is C28H44N2O. The Morgan fingerprint density at radius 1 is 0.806 bits per heavy atom. The number of nitrogens with zero attached hydrogens (tertiary/aromatic N) is 1. The smallest absolute Gasteiger partial charge is 0.220 e. The second-order valence-corrected chi connectivity index (χ2v) is 8.03. The van der Waals surface area contributed by atoms with Crippen molar-refractivity contribution in [1.29, 1.82) is 0 Å². The third-order valence-corrected chi connectivity index (χ3v) is 5.34. The van der Waals surface area contributed by atoms with Crippen LogP contribution in [-0.2, 0) is 4.79 Å². The molecule has 3 heteroatoms. The van der Waals surface area contributed by atoms with Crippen LogP contribution in [-0.4, -0.2) is 37.0 Å². The van der Waals surface area contributed by atoms with Crippen LogP contribution < -0.4 is 5.32 Å². The molecule has 1 aliphatic rings. The van der Waals surface area contributed by atoms with E-state index in [2.05, 4.69) is 97.1 Å². The zero-order valence-electron chi connectivity index (χ0n) is 19.8. The first-order chi connectivity index (χ1) is 15.2. The van der Waals surface area contributed by atoms with Gasteiger partial charge in [-0.3, -0.25) is 4.79 Å². The Hall–Kier alpha value is -2.13. The fourth-order valence-electron chi connectivity index (χ4n) is 3.41. The first kappa shape index (κ1) is 26.9. The van der Waals surface area contributed by atoms with E-state index >= 15 is 0 Å². The fourth-order valence-corrected chi connectivity index (χ4v) is 3.41. The van der Waals surface area contributed by atoms with E-state index in [0.717, 1.165) is 58.0 Å². The maximum Gasteiger partial charge on any atom is 0.220 e. The van der Waals surface area contributed by atoms with E-state index in [0.29, 0.717) is 12.5 Å². The van der Waals surface area contributed by atoms with E-state index < -0.39 is 0 Å². The molecule has 1 aliphatic heterocycles. The van der Waals surface area contributed by atoms with E-state index in [1.165, 1.54) is 12.8 Å². The summed E-state index contributed by atoms with van der Waals surface area (Å²) < 4.78 is 0. The normalized spacial score (nSPS) is 18.3. The summed E-state index contributed by atoms with van der Waals surface area (Å²) in [5.74, 6) is 0.167. The highest BCUT2D eigenvalue weighted by atomic mass is 16.1. The van der Waals surface area contributed by atoms with Crippen molar-refractivity contribution in [2.75, 3.05) is 20.1 Å². The van der Waals surface area contributed by atoms with Crippen LogP contribution in [0.1, 0.15) is 71.1 Å². The van der Waals surface area contributed by atoms with Crippen LogP contribution in [0.5, 0.6) is 0 Å². The van der Waals surface area contributed by atoms with Gasteiger partial charge in [0.25, 0.3) is 0 Å². The zero-order valence-corrected chi connectivity index (χ0v) is 19.8. The molecule has 1 heterocycles. The number of carbonyl (C=O) groups is 1. The minimum atomic E-state index is 0.167. The quantitative estimate of drug-likeness (QED) is 0.280. The van der Waals surface area contributed by atoms with Crippen LogP contribution in [0.4, 0.5) is 0 Å². The van der Waals surface area contributed by atoms with E-state index in [-0.39, 0.29) is 5.91 Å². The molecule has 0 aromatic heterocycles. The highest BCUT2D eigenvalue weighted by Crippen LogP contribution is 2.13. The predicted molar refractivity (Wildman–Crippen MR) is 136 cm³/mol. The summed E-state index contributed by atoms with van der Waals surface area (Å²) in [6.45, 7) is 4.10. The highest BCUT2D eigenvalue weighted by molar-refractivity contribution is 5.76. The Labute approximate surface area is 191 Å². The summed E-state index contributed by atoms with van der Waals surface area (Å²) in [4.78, 5) is 14.2. The molecule has 3 nitrogen and oxygen atoms in total. The van der Waals surface area contributed by atoms with Gasteiger partial charge in [0, 0.05) is 19.0 Å². The van der Waals surface area contributed by atoms with Gasteiger partial charge >= 0.3 is 0 Å². The molecule has 1 N–H and O–H groups in total. The van der Waals surface area contributed by atoms with Gasteiger partial charge in [0.1, 0.15) is 0 Å². The van der Waals surface area contributed by atoms with Crippen LogP contribution in [0.2, 0.25) is 0 Å². The molecule has 1 fully saturated rings. The lowest BCUT2D eigenvalue weighted by atomic mass is 10.2. The van der Waals surface area contributed by atoms with Gasteiger partial charge in [-0.2, -0.15) is 0 Å². The monoisotopic (exact) mass is 424 g/mol. The molecule has 0 aliphatic carbocycles. The molecule has 31 heavy (non-hydrogen) atoms. The molecule has 0 saturated carbocycles. The van der Waals surface area contributed by atoms with Crippen LogP contribution in [0, 0.1) is 0 Å². The molecule has 0 bridgehead atoms. The van der Waals surface area contributed by atoms with Gasteiger partial charge in [-0.1, -0.05) is 79.8 Å². The van der Waals surface area contributed by atoms with Crippen LogP contribution in [0.25, 0.3) is 0 Å². The van der Waals surface area contributed by atoms with E-state index in [4.69, 9.17) is 0 Å². The number of likely N-dealkylation sites (tertiary alicyclic amines) is 1. The van der Waals surface area contributed by atoms with Gasteiger partial charge in [-0.05, 0) is 71.4 Å². The van der Waals surface area contributed by atoms with E-state index in [9.17, 15) is 4.79 Å². The second kappa shape index (κ2) is 19.8. The Morgan fingerprint density at radius 2 is 1.29 bits per heavy atom. The lowest BCUT2D eigenvalue weighted by molar-refractivity contribution is -0.121. The van der Waals surface area contributed by atoms with Gasteiger partial charge in [0.2, 0.25) is 5.91 Å². The van der Waals surface area contributed by atoms with Crippen molar-refractivity contribution in [3.05, 3.63) is 72.9 Å². The third kappa shape index (κ3) is 16.3. The molecule has 0 aromatic carbocycles.